The molecule has 5 heteroatoms. The molecule has 5 nitrogen and oxygen atoms in total. The number of rotatable bonds is 1. The number of pyridine rings is 1. The Bertz CT molecular complexity index is 859. The van der Waals surface area contributed by atoms with Crippen molar-refractivity contribution in [3.63, 3.8) is 0 Å². The number of ether oxygens (including phenoxy) is 1. The normalized spacial score (nSPS) is 19.0. The number of benzene rings is 1. The molecule has 0 N–H and O–H groups in total. The van der Waals surface area contributed by atoms with Crippen LogP contribution >= 0.6 is 0 Å². The van der Waals surface area contributed by atoms with Crippen LogP contribution in [0.1, 0.15) is 31.0 Å². The number of fused-ring (bicyclic) bond motifs is 1. The van der Waals surface area contributed by atoms with Crippen LogP contribution in [0.2, 0.25) is 0 Å². The van der Waals surface area contributed by atoms with Crippen molar-refractivity contribution in [1.82, 2.24) is 4.57 Å². The molecule has 0 fully saturated rings. The summed E-state index contributed by atoms with van der Waals surface area (Å²) in [5.41, 5.74) is -0.353. The minimum Gasteiger partial charge on any atom is -0.480 e. The highest BCUT2D eigenvalue weighted by molar-refractivity contribution is 5.95. The lowest BCUT2D eigenvalue weighted by Crippen LogP contribution is -2.48. The molecule has 0 amide bonds. The Morgan fingerprint density at radius 3 is 2.68 bits per heavy atom. The number of ketones is 1. The zero-order chi connectivity index (χ0) is 15.9. The molecule has 3 rings (SSSR count). The first-order chi connectivity index (χ1) is 10.4. The highest BCUT2D eigenvalue weighted by Gasteiger charge is 2.43. The second-order valence-corrected chi connectivity index (χ2v) is 5.69. The van der Waals surface area contributed by atoms with Gasteiger partial charge in [0.05, 0.1) is 11.6 Å². The minimum atomic E-state index is -1.04. The van der Waals surface area contributed by atoms with Crippen LogP contribution in [-0.2, 0) is 4.79 Å². The largest absolute Gasteiger partial charge is 0.480 e. The van der Waals surface area contributed by atoms with E-state index in [0.29, 0.717) is 16.9 Å². The average Bonchev–Trinajstić information content (AvgIpc) is 2.49. The van der Waals surface area contributed by atoms with Crippen LogP contribution in [0.5, 0.6) is 5.75 Å². The number of carbonyl (C=O) groups is 1. The van der Waals surface area contributed by atoms with E-state index in [4.69, 9.17) is 10.00 Å². The van der Waals surface area contributed by atoms with E-state index in [2.05, 4.69) is 0 Å². The zero-order valence-corrected chi connectivity index (χ0v) is 12.2. The molecule has 1 aromatic carbocycles. The summed E-state index contributed by atoms with van der Waals surface area (Å²) in [5.74, 6) is 0.299. The molecule has 2 aromatic rings. The standard InChI is InChI=1S/C17H14N2O3/c1-17(2)16(21)15(19-8-4-3-5-14(19)20)12-9-11(10-18)6-7-13(12)22-17/h3-9,15H,1-2H3. The average molecular weight is 294 g/mol. The Morgan fingerprint density at radius 2 is 2.00 bits per heavy atom. The van der Waals surface area contributed by atoms with Gasteiger partial charge in [0.15, 0.2) is 5.60 Å². The second-order valence-electron chi connectivity index (χ2n) is 5.69. The molecule has 1 unspecified atom stereocenters. The van der Waals surface area contributed by atoms with Crippen LogP contribution in [0.25, 0.3) is 0 Å². The summed E-state index contributed by atoms with van der Waals surface area (Å²) in [6.45, 7) is 3.36. The monoisotopic (exact) mass is 294 g/mol. The minimum absolute atomic E-state index is 0.219. The van der Waals surface area contributed by atoms with Gasteiger partial charge in [0.2, 0.25) is 5.78 Å². The third kappa shape index (κ3) is 2.09. The van der Waals surface area contributed by atoms with Crippen LogP contribution < -0.4 is 10.3 Å². The first kappa shape index (κ1) is 14.1. The maximum atomic E-state index is 12.8. The fraction of sp³-hybridized carbons (Fsp3) is 0.235. The predicted octanol–water partition coefficient (Wildman–Crippen LogP) is 2.05. The third-order valence-electron chi connectivity index (χ3n) is 3.77. The third-order valence-corrected chi connectivity index (χ3v) is 3.77. The van der Waals surface area contributed by atoms with Gasteiger partial charge in [-0.3, -0.25) is 9.59 Å². The summed E-state index contributed by atoms with van der Waals surface area (Å²) in [6, 6.07) is 10.9. The summed E-state index contributed by atoms with van der Waals surface area (Å²) < 4.78 is 7.13. The van der Waals surface area contributed by atoms with Crippen molar-refractivity contribution in [3.8, 4) is 11.8 Å². The van der Waals surface area contributed by atoms with E-state index < -0.39 is 11.6 Å². The van der Waals surface area contributed by atoms with Crippen LogP contribution in [0, 0.1) is 11.3 Å². The molecule has 0 saturated carbocycles. The van der Waals surface area contributed by atoms with E-state index in [0.717, 1.165) is 0 Å². The summed E-state index contributed by atoms with van der Waals surface area (Å²) in [5, 5.41) is 9.07. The number of hydrogen-bond donors (Lipinski definition) is 0. The molecule has 0 spiro atoms. The Labute approximate surface area is 127 Å². The lowest BCUT2D eigenvalue weighted by Gasteiger charge is -2.36. The maximum Gasteiger partial charge on any atom is 0.251 e. The molecule has 1 aliphatic rings. The molecule has 2 heterocycles. The van der Waals surface area contributed by atoms with Gasteiger partial charge < -0.3 is 9.30 Å². The van der Waals surface area contributed by atoms with Crippen molar-refractivity contribution in [3.05, 3.63) is 64.1 Å². The van der Waals surface area contributed by atoms with Gasteiger partial charge in [-0.05, 0) is 38.1 Å². The van der Waals surface area contributed by atoms with Crippen LogP contribution in [0.15, 0.2) is 47.4 Å². The number of carbonyl (C=O) groups excluding carboxylic acids is 1. The van der Waals surface area contributed by atoms with Gasteiger partial charge in [-0.15, -0.1) is 0 Å². The molecule has 1 aliphatic heterocycles. The molecule has 1 aromatic heterocycles. The Balaban J connectivity index is 2.29. The fourth-order valence-corrected chi connectivity index (χ4v) is 2.65. The number of nitrogens with zero attached hydrogens (tertiary/aromatic N) is 2. The van der Waals surface area contributed by atoms with Crippen molar-refractivity contribution >= 4 is 5.78 Å². The van der Waals surface area contributed by atoms with Gasteiger partial charge in [0.25, 0.3) is 5.56 Å². The second kappa shape index (κ2) is 4.85. The Hall–Kier alpha value is -2.87. The van der Waals surface area contributed by atoms with Crippen molar-refractivity contribution in [2.45, 2.75) is 25.5 Å². The van der Waals surface area contributed by atoms with Gasteiger partial charge in [-0.25, -0.2) is 0 Å². The fourth-order valence-electron chi connectivity index (χ4n) is 2.65. The predicted molar refractivity (Wildman–Crippen MR) is 79.7 cm³/mol. The molecule has 0 saturated heterocycles. The topological polar surface area (TPSA) is 72.1 Å². The van der Waals surface area contributed by atoms with E-state index >= 15 is 0 Å². The van der Waals surface area contributed by atoms with Crippen molar-refractivity contribution < 1.29 is 9.53 Å². The van der Waals surface area contributed by atoms with E-state index in [1.165, 1.54) is 10.6 Å². The lowest BCUT2D eigenvalue weighted by atomic mass is 9.87. The summed E-state index contributed by atoms with van der Waals surface area (Å²) in [7, 11) is 0. The Morgan fingerprint density at radius 1 is 1.23 bits per heavy atom. The molecular formula is C17H14N2O3. The quantitative estimate of drug-likeness (QED) is 0.807. The summed E-state index contributed by atoms with van der Waals surface area (Å²) >= 11 is 0. The number of hydrogen-bond acceptors (Lipinski definition) is 4. The van der Waals surface area contributed by atoms with E-state index in [9.17, 15) is 9.59 Å². The van der Waals surface area contributed by atoms with E-state index in [1.807, 2.05) is 6.07 Å². The molecular weight excluding hydrogens is 280 g/mol. The molecule has 110 valence electrons. The molecule has 22 heavy (non-hydrogen) atoms. The first-order valence-corrected chi connectivity index (χ1v) is 6.88. The number of nitriles is 1. The van der Waals surface area contributed by atoms with Gasteiger partial charge in [0.1, 0.15) is 11.8 Å². The van der Waals surface area contributed by atoms with Crippen LogP contribution in [-0.4, -0.2) is 16.0 Å². The zero-order valence-electron chi connectivity index (χ0n) is 12.2. The summed E-state index contributed by atoms with van der Waals surface area (Å²) in [6.07, 6.45) is 1.58. The Kier molecular flexibility index (Phi) is 3.10. The van der Waals surface area contributed by atoms with Crippen LogP contribution in [0.3, 0.4) is 0 Å². The van der Waals surface area contributed by atoms with Gasteiger partial charge in [-0.2, -0.15) is 5.26 Å². The highest BCUT2D eigenvalue weighted by atomic mass is 16.5. The molecule has 1 atom stereocenters. The molecule has 0 bridgehead atoms. The van der Waals surface area contributed by atoms with E-state index in [-0.39, 0.29) is 11.3 Å². The van der Waals surface area contributed by atoms with Gasteiger partial charge in [0, 0.05) is 17.8 Å². The molecule has 0 radical (unpaired) electrons. The molecule has 0 aliphatic carbocycles. The SMILES string of the molecule is CC1(C)Oc2ccc(C#N)cc2C(n2ccccc2=O)C1=O. The van der Waals surface area contributed by atoms with Crippen LogP contribution in [0.4, 0.5) is 0 Å². The number of Topliss-reactive ketones (excluding diaryl/α,β-unsaturated/α-hetero) is 1. The first-order valence-electron chi connectivity index (χ1n) is 6.88. The van der Waals surface area contributed by atoms with Crippen molar-refractivity contribution in [2.24, 2.45) is 0 Å². The van der Waals surface area contributed by atoms with Crippen molar-refractivity contribution in [1.29, 1.82) is 5.26 Å². The smallest absolute Gasteiger partial charge is 0.251 e. The maximum absolute atomic E-state index is 12.8. The number of aromatic nitrogens is 1. The highest BCUT2D eigenvalue weighted by Crippen LogP contribution is 2.39. The van der Waals surface area contributed by atoms with Gasteiger partial charge in [-0.1, -0.05) is 6.07 Å². The van der Waals surface area contributed by atoms with Crippen molar-refractivity contribution in [2.75, 3.05) is 0 Å². The lowest BCUT2D eigenvalue weighted by molar-refractivity contribution is -0.136. The summed E-state index contributed by atoms with van der Waals surface area (Å²) in [4.78, 5) is 24.9. The van der Waals surface area contributed by atoms with Gasteiger partial charge >= 0.3 is 0 Å². The van der Waals surface area contributed by atoms with E-state index in [1.54, 1.807) is 50.4 Å².